The molecule has 3 heteroatoms. The second kappa shape index (κ2) is 7.65. The van der Waals surface area contributed by atoms with E-state index < -0.39 is 0 Å². The standard InChI is InChI=1S/C15H23NO.ClH/c1-12(2)17-15-5-3-13(4-6-15)11-14-7-9-16-10-8-14;/h3-6,12,14,16H,7-11H2,1-2H3;1H. The average molecular weight is 270 g/mol. The van der Waals surface area contributed by atoms with Gasteiger partial charge in [-0.15, -0.1) is 12.4 Å². The van der Waals surface area contributed by atoms with Gasteiger partial charge in [-0.05, 0) is 69.8 Å². The number of hydrogen-bond acceptors (Lipinski definition) is 2. The summed E-state index contributed by atoms with van der Waals surface area (Å²) in [4.78, 5) is 0. The maximum absolute atomic E-state index is 5.65. The molecule has 1 aliphatic heterocycles. The molecule has 2 nitrogen and oxygen atoms in total. The topological polar surface area (TPSA) is 21.3 Å². The first-order valence-electron chi connectivity index (χ1n) is 6.70. The summed E-state index contributed by atoms with van der Waals surface area (Å²) in [6, 6.07) is 8.60. The second-order valence-electron chi connectivity index (χ2n) is 5.21. The van der Waals surface area contributed by atoms with Gasteiger partial charge in [-0.2, -0.15) is 0 Å². The monoisotopic (exact) mass is 269 g/mol. The molecule has 1 fully saturated rings. The van der Waals surface area contributed by atoms with Gasteiger partial charge in [0.05, 0.1) is 6.10 Å². The summed E-state index contributed by atoms with van der Waals surface area (Å²) in [5.41, 5.74) is 1.44. The fourth-order valence-electron chi connectivity index (χ4n) is 2.40. The van der Waals surface area contributed by atoms with E-state index in [2.05, 4.69) is 43.4 Å². The summed E-state index contributed by atoms with van der Waals surface area (Å²) in [5, 5.41) is 3.41. The first-order valence-corrected chi connectivity index (χ1v) is 6.70. The fourth-order valence-corrected chi connectivity index (χ4v) is 2.40. The minimum absolute atomic E-state index is 0. The van der Waals surface area contributed by atoms with Crippen LogP contribution < -0.4 is 10.1 Å². The van der Waals surface area contributed by atoms with Crippen LogP contribution in [0.4, 0.5) is 0 Å². The minimum Gasteiger partial charge on any atom is -0.491 e. The molecular weight excluding hydrogens is 246 g/mol. The Bertz CT molecular complexity index is 331. The zero-order valence-corrected chi connectivity index (χ0v) is 12.1. The Balaban J connectivity index is 0.00000162. The van der Waals surface area contributed by atoms with Crippen molar-refractivity contribution in [2.75, 3.05) is 13.1 Å². The van der Waals surface area contributed by atoms with Crippen LogP contribution in [0.25, 0.3) is 0 Å². The average Bonchev–Trinajstić information content (AvgIpc) is 2.32. The number of halogens is 1. The molecule has 102 valence electrons. The maximum Gasteiger partial charge on any atom is 0.119 e. The lowest BCUT2D eigenvalue weighted by Crippen LogP contribution is -2.28. The van der Waals surface area contributed by atoms with Crippen LogP contribution in [0.15, 0.2) is 24.3 Å². The van der Waals surface area contributed by atoms with Crippen molar-refractivity contribution in [1.29, 1.82) is 0 Å². The Kier molecular flexibility index (Phi) is 6.51. The summed E-state index contributed by atoms with van der Waals surface area (Å²) in [6.07, 6.45) is 4.09. The second-order valence-corrected chi connectivity index (χ2v) is 5.21. The third kappa shape index (κ3) is 4.87. The van der Waals surface area contributed by atoms with Crippen molar-refractivity contribution in [3.05, 3.63) is 29.8 Å². The van der Waals surface area contributed by atoms with Gasteiger partial charge >= 0.3 is 0 Å². The van der Waals surface area contributed by atoms with E-state index in [0.717, 1.165) is 11.7 Å². The predicted molar refractivity (Wildman–Crippen MR) is 78.8 cm³/mol. The van der Waals surface area contributed by atoms with E-state index in [1.165, 1.54) is 37.9 Å². The van der Waals surface area contributed by atoms with E-state index in [0.29, 0.717) is 0 Å². The van der Waals surface area contributed by atoms with Crippen molar-refractivity contribution < 1.29 is 4.74 Å². The Morgan fingerprint density at radius 2 is 1.78 bits per heavy atom. The lowest BCUT2D eigenvalue weighted by molar-refractivity contribution is 0.242. The lowest BCUT2D eigenvalue weighted by Gasteiger charge is -2.22. The zero-order valence-electron chi connectivity index (χ0n) is 11.3. The Morgan fingerprint density at radius 1 is 1.17 bits per heavy atom. The van der Waals surface area contributed by atoms with Crippen LogP contribution in [0.2, 0.25) is 0 Å². The van der Waals surface area contributed by atoms with Crippen molar-refractivity contribution in [3.8, 4) is 5.75 Å². The van der Waals surface area contributed by atoms with Gasteiger partial charge in [-0.3, -0.25) is 0 Å². The van der Waals surface area contributed by atoms with Crippen LogP contribution in [0.3, 0.4) is 0 Å². The van der Waals surface area contributed by atoms with Crippen LogP contribution >= 0.6 is 12.4 Å². The first kappa shape index (κ1) is 15.3. The normalized spacial score (nSPS) is 16.4. The molecule has 1 heterocycles. The molecule has 2 rings (SSSR count). The van der Waals surface area contributed by atoms with E-state index in [-0.39, 0.29) is 18.5 Å². The molecule has 1 saturated heterocycles. The molecule has 0 atom stereocenters. The molecule has 0 spiro atoms. The van der Waals surface area contributed by atoms with E-state index >= 15 is 0 Å². The molecule has 1 aromatic carbocycles. The predicted octanol–water partition coefficient (Wildman–Crippen LogP) is 3.44. The lowest BCUT2D eigenvalue weighted by atomic mass is 9.91. The van der Waals surface area contributed by atoms with Crippen LogP contribution in [-0.4, -0.2) is 19.2 Å². The van der Waals surface area contributed by atoms with Crippen molar-refractivity contribution in [2.45, 2.75) is 39.2 Å². The smallest absolute Gasteiger partial charge is 0.119 e. The van der Waals surface area contributed by atoms with Crippen molar-refractivity contribution in [2.24, 2.45) is 5.92 Å². The molecule has 0 amide bonds. The molecule has 0 aromatic heterocycles. The quantitative estimate of drug-likeness (QED) is 0.904. The minimum atomic E-state index is 0. The SMILES string of the molecule is CC(C)Oc1ccc(CC2CCNCC2)cc1.Cl. The van der Waals surface area contributed by atoms with E-state index in [9.17, 15) is 0 Å². The number of nitrogens with one attached hydrogen (secondary N) is 1. The highest BCUT2D eigenvalue weighted by Crippen LogP contribution is 2.20. The third-order valence-corrected chi connectivity index (χ3v) is 3.28. The van der Waals surface area contributed by atoms with Gasteiger partial charge in [0, 0.05) is 0 Å². The highest BCUT2D eigenvalue weighted by molar-refractivity contribution is 5.85. The van der Waals surface area contributed by atoms with Crippen LogP contribution in [0.1, 0.15) is 32.3 Å². The molecule has 18 heavy (non-hydrogen) atoms. The highest BCUT2D eigenvalue weighted by Gasteiger charge is 2.13. The number of piperidine rings is 1. The Hall–Kier alpha value is -0.730. The van der Waals surface area contributed by atoms with Crippen molar-refractivity contribution in [1.82, 2.24) is 5.32 Å². The van der Waals surface area contributed by atoms with E-state index in [1.54, 1.807) is 0 Å². The molecule has 0 unspecified atom stereocenters. The van der Waals surface area contributed by atoms with Gasteiger partial charge in [0.25, 0.3) is 0 Å². The summed E-state index contributed by atoms with van der Waals surface area (Å²) < 4.78 is 5.65. The summed E-state index contributed by atoms with van der Waals surface area (Å²) in [7, 11) is 0. The Labute approximate surface area is 117 Å². The van der Waals surface area contributed by atoms with Gasteiger partial charge in [0.2, 0.25) is 0 Å². The van der Waals surface area contributed by atoms with Crippen molar-refractivity contribution >= 4 is 12.4 Å². The fraction of sp³-hybridized carbons (Fsp3) is 0.600. The molecule has 0 aliphatic carbocycles. The van der Waals surface area contributed by atoms with Crippen LogP contribution in [-0.2, 0) is 6.42 Å². The largest absolute Gasteiger partial charge is 0.491 e. The van der Waals surface area contributed by atoms with E-state index in [4.69, 9.17) is 4.74 Å². The first-order chi connectivity index (χ1) is 8.24. The molecule has 0 saturated carbocycles. The van der Waals surface area contributed by atoms with Gasteiger partial charge in [0.15, 0.2) is 0 Å². The number of rotatable bonds is 4. The van der Waals surface area contributed by atoms with Gasteiger partial charge in [-0.25, -0.2) is 0 Å². The number of benzene rings is 1. The summed E-state index contributed by atoms with van der Waals surface area (Å²) >= 11 is 0. The van der Waals surface area contributed by atoms with Gasteiger partial charge in [0.1, 0.15) is 5.75 Å². The number of ether oxygens (including phenoxy) is 1. The zero-order chi connectivity index (χ0) is 12.1. The number of hydrogen-bond donors (Lipinski definition) is 1. The molecule has 1 N–H and O–H groups in total. The molecular formula is C15H24ClNO. The highest BCUT2D eigenvalue weighted by atomic mass is 35.5. The molecule has 0 radical (unpaired) electrons. The Morgan fingerprint density at radius 3 is 2.33 bits per heavy atom. The van der Waals surface area contributed by atoms with Gasteiger partial charge in [-0.1, -0.05) is 12.1 Å². The summed E-state index contributed by atoms with van der Waals surface area (Å²) in [6.45, 7) is 6.48. The van der Waals surface area contributed by atoms with Crippen molar-refractivity contribution in [3.63, 3.8) is 0 Å². The molecule has 0 bridgehead atoms. The van der Waals surface area contributed by atoms with Gasteiger partial charge < -0.3 is 10.1 Å². The molecule has 1 aliphatic rings. The summed E-state index contributed by atoms with van der Waals surface area (Å²) in [5.74, 6) is 1.84. The van der Waals surface area contributed by atoms with Crippen LogP contribution in [0.5, 0.6) is 5.75 Å². The van der Waals surface area contributed by atoms with E-state index in [1.807, 2.05) is 0 Å². The molecule has 1 aromatic rings. The van der Waals surface area contributed by atoms with Crippen LogP contribution in [0, 0.1) is 5.92 Å². The third-order valence-electron chi connectivity index (χ3n) is 3.28. The maximum atomic E-state index is 5.65.